The lowest BCUT2D eigenvalue weighted by atomic mass is 10.0. The van der Waals surface area contributed by atoms with Crippen LogP contribution in [0.2, 0.25) is 0 Å². The van der Waals surface area contributed by atoms with Crippen molar-refractivity contribution in [2.75, 3.05) is 26.2 Å². The van der Waals surface area contributed by atoms with Crippen LogP contribution in [0.1, 0.15) is 45.4 Å². The van der Waals surface area contributed by atoms with Gasteiger partial charge < -0.3 is 9.80 Å². The fraction of sp³-hybridized carbons (Fsp3) is 0.368. The first-order chi connectivity index (χ1) is 12.0. The van der Waals surface area contributed by atoms with Gasteiger partial charge in [-0.2, -0.15) is 0 Å². The first-order valence-electron chi connectivity index (χ1n) is 8.39. The number of halogens is 1. The molecular weight excluding hydrogens is 339 g/mol. The molecule has 1 saturated heterocycles. The minimum absolute atomic E-state index is 0.0487. The summed E-state index contributed by atoms with van der Waals surface area (Å²) in [6.07, 6.45) is 0. The molecule has 2 aromatic rings. The number of rotatable bonds is 3. The van der Waals surface area contributed by atoms with Crippen molar-refractivity contribution in [3.63, 3.8) is 0 Å². The van der Waals surface area contributed by atoms with Gasteiger partial charge in [-0.1, -0.05) is 13.8 Å². The van der Waals surface area contributed by atoms with E-state index < -0.39 is 0 Å². The van der Waals surface area contributed by atoms with Gasteiger partial charge in [0.25, 0.3) is 11.8 Å². The molecule has 0 spiro atoms. The summed E-state index contributed by atoms with van der Waals surface area (Å²) in [6, 6.07) is 7.58. The van der Waals surface area contributed by atoms with Crippen molar-refractivity contribution in [3.05, 3.63) is 57.5 Å². The standard InChI is InChI=1S/C19H21FN2O2S/c1-13(2)16-7-12-25-17(16)19(24)22-10-8-21(9-11-22)18(23)14-3-5-15(20)6-4-14/h3-7,12-13H,8-11H2,1-2H3. The van der Waals surface area contributed by atoms with Gasteiger partial charge in [-0.15, -0.1) is 11.3 Å². The van der Waals surface area contributed by atoms with Crippen molar-refractivity contribution < 1.29 is 14.0 Å². The lowest BCUT2D eigenvalue weighted by Gasteiger charge is -2.35. The number of carbonyl (C=O) groups excluding carboxylic acids is 2. The van der Waals surface area contributed by atoms with Gasteiger partial charge in [0.1, 0.15) is 5.82 Å². The Balaban J connectivity index is 1.63. The van der Waals surface area contributed by atoms with Crippen LogP contribution in [0.25, 0.3) is 0 Å². The Labute approximate surface area is 150 Å². The Morgan fingerprint density at radius 3 is 2.08 bits per heavy atom. The molecule has 132 valence electrons. The largest absolute Gasteiger partial charge is 0.335 e. The van der Waals surface area contributed by atoms with Crippen LogP contribution in [0.15, 0.2) is 35.7 Å². The second-order valence-corrected chi connectivity index (χ2v) is 7.37. The van der Waals surface area contributed by atoms with Gasteiger partial charge in [-0.25, -0.2) is 4.39 Å². The van der Waals surface area contributed by atoms with E-state index in [4.69, 9.17) is 0 Å². The highest BCUT2D eigenvalue weighted by molar-refractivity contribution is 7.12. The number of benzene rings is 1. The summed E-state index contributed by atoms with van der Waals surface area (Å²) in [6.45, 7) is 6.17. The van der Waals surface area contributed by atoms with Gasteiger partial charge in [-0.3, -0.25) is 9.59 Å². The molecule has 1 aromatic heterocycles. The number of nitrogens with zero attached hydrogens (tertiary/aromatic N) is 2. The van der Waals surface area contributed by atoms with Crippen molar-refractivity contribution in [1.82, 2.24) is 9.80 Å². The monoisotopic (exact) mass is 360 g/mol. The van der Waals surface area contributed by atoms with E-state index in [9.17, 15) is 14.0 Å². The maximum atomic E-state index is 13.0. The van der Waals surface area contributed by atoms with Gasteiger partial charge in [0.05, 0.1) is 4.88 Å². The third kappa shape index (κ3) is 3.74. The highest BCUT2D eigenvalue weighted by Crippen LogP contribution is 2.26. The van der Waals surface area contributed by atoms with E-state index in [1.165, 1.54) is 35.6 Å². The van der Waals surface area contributed by atoms with Gasteiger partial charge in [0, 0.05) is 31.7 Å². The molecule has 0 radical (unpaired) electrons. The number of hydrogen-bond donors (Lipinski definition) is 0. The normalized spacial score (nSPS) is 14.9. The molecule has 0 atom stereocenters. The van der Waals surface area contributed by atoms with Gasteiger partial charge in [0.15, 0.2) is 0 Å². The molecule has 1 aromatic carbocycles. The zero-order chi connectivity index (χ0) is 18.0. The number of hydrogen-bond acceptors (Lipinski definition) is 3. The SMILES string of the molecule is CC(C)c1ccsc1C(=O)N1CCN(C(=O)c2ccc(F)cc2)CC1. The Hall–Kier alpha value is -2.21. The van der Waals surface area contributed by atoms with Gasteiger partial charge >= 0.3 is 0 Å². The number of carbonyl (C=O) groups is 2. The van der Waals surface area contributed by atoms with Crippen molar-refractivity contribution in [1.29, 1.82) is 0 Å². The second-order valence-electron chi connectivity index (χ2n) is 6.45. The molecule has 3 rings (SSSR count). The molecule has 2 heterocycles. The average molecular weight is 360 g/mol. The Bertz CT molecular complexity index is 762. The zero-order valence-corrected chi connectivity index (χ0v) is 15.2. The Kier molecular flexibility index (Phi) is 5.18. The lowest BCUT2D eigenvalue weighted by molar-refractivity contribution is 0.0537. The summed E-state index contributed by atoms with van der Waals surface area (Å²) >= 11 is 1.48. The van der Waals surface area contributed by atoms with Crippen LogP contribution in [0.5, 0.6) is 0 Å². The summed E-state index contributed by atoms with van der Waals surface area (Å²) < 4.78 is 13.0. The molecule has 1 aliphatic rings. The number of thiophene rings is 1. The van der Waals surface area contributed by atoms with Gasteiger partial charge in [-0.05, 0) is 47.2 Å². The van der Waals surface area contributed by atoms with Crippen LogP contribution in [0, 0.1) is 5.82 Å². The van der Waals surface area contributed by atoms with Crippen LogP contribution in [0.4, 0.5) is 4.39 Å². The molecule has 0 aliphatic carbocycles. The van der Waals surface area contributed by atoms with E-state index in [0.29, 0.717) is 37.7 Å². The van der Waals surface area contributed by atoms with Gasteiger partial charge in [0.2, 0.25) is 0 Å². The maximum absolute atomic E-state index is 13.0. The third-order valence-corrected chi connectivity index (χ3v) is 5.38. The lowest BCUT2D eigenvalue weighted by Crippen LogP contribution is -2.50. The van der Waals surface area contributed by atoms with E-state index in [-0.39, 0.29) is 17.6 Å². The smallest absolute Gasteiger partial charge is 0.264 e. The molecule has 25 heavy (non-hydrogen) atoms. The number of amides is 2. The van der Waals surface area contributed by atoms with Crippen LogP contribution in [0.3, 0.4) is 0 Å². The molecule has 4 nitrogen and oxygen atoms in total. The fourth-order valence-corrected chi connectivity index (χ4v) is 4.00. The summed E-state index contributed by atoms with van der Waals surface area (Å²) in [4.78, 5) is 29.6. The first kappa shape index (κ1) is 17.6. The quantitative estimate of drug-likeness (QED) is 0.839. The van der Waals surface area contributed by atoms with Crippen molar-refractivity contribution in [2.24, 2.45) is 0 Å². The molecule has 0 N–H and O–H groups in total. The van der Waals surface area contributed by atoms with E-state index in [1.807, 2.05) is 16.3 Å². The van der Waals surface area contributed by atoms with Crippen LogP contribution >= 0.6 is 11.3 Å². The molecular formula is C19H21FN2O2S. The first-order valence-corrected chi connectivity index (χ1v) is 9.27. The maximum Gasteiger partial charge on any atom is 0.264 e. The predicted molar refractivity (Wildman–Crippen MR) is 96.6 cm³/mol. The highest BCUT2D eigenvalue weighted by Gasteiger charge is 2.27. The van der Waals surface area contributed by atoms with E-state index in [2.05, 4.69) is 13.8 Å². The van der Waals surface area contributed by atoms with Crippen LogP contribution < -0.4 is 0 Å². The van der Waals surface area contributed by atoms with Crippen molar-refractivity contribution >= 4 is 23.2 Å². The van der Waals surface area contributed by atoms with Crippen LogP contribution in [-0.2, 0) is 0 Å². The zero-order valence-electron chi connectivity index (χ0n) is 14.4. The molecule has 0 bridgehead atoms. The topological polar surface area (TPSA) is 40.6 Å². The molecule has 0 saturated carbocycles. The highest BCUT2D eigenvalue weighted by atomic mass is 32.1. The van der Waals surface area contributed by atoms with Crippen LogP contribution in [-0.4, -0.2) is 47.8 Å². The Morgan fingerprint density at radius 2 is 1.52 bits per heavy atom. The van der Waals surface area contributed by atoms with Crippen molar-refractivity contribution in [2.45, 2.75) is 19.8 Å². The summed E-state index contributed by atoms with van der Waals surface area (Å²) in [5, 5.41) is 1.96. The Morgan fingerprint density at radius 1 is 0.960 bits per heavy atom. The molecule has 1 fully saturated rings. The van der Waals surface area contributed by atoms with E-state index >= 15 is 0 Å². The van der Waals surface area contributed by atoms with E-state index in [1.54, 1.807) is 4.90 Å². The molecule has 6 heteroatoms. The minimum Gasteiger partial charge on any atom is -0.335 e. The van der Waals surface area contributed by atoms with E-state index in [0.717, 1.165) is 10.4 Å². The number of piperazine rings is 1. The summed E-state index contributed by atoms with van der Waals surface area (Å²) in [5.74, 6) is -0.117. The molecule has 2 amide bonds. The summed E-state index contributed by atoms with van der Waals surface area (Å²) in [7, 11) is 0. The molecule has 1 aliphatic heterocycles. The minimum atomic E-state index is -0.358. The molecule has 0 unspecified atom stereocenters. The predicted octanol–water partition coefficient (Wildman–Crippen LogP) is 3.61. The average Bonchev–Trinajstić information content (AvgIpc) is 3.11. The van der Waals surface area contributed by atoms with Crippen molar-refractivity contribution in [3.8, 4) is 0 Å². The second kappa shape index (κ2) is 7.35. The fourth-order valence-electron chi connectivity index (χ4n) is 2.98. The summed E-state index contributed by atoms with van der Waals surface area (Å²) in [5.41, 5.74) is 1.56. The third-order valence-electron chi connectivity index (χ3n) is 4.46.